The van der Waals surface area contributed by atoms with Gasteiger partial charge in [0.05, 0.1) is 6.42 Å². The summed E-state index contributed by atoms with van der Waals surface area (Å²) >= 11 is 0. The molecule has 1 fully saturated rings. The van der Waals surface area contributed by atoms with Gasteiger partial charge in [-0.15, -0.1) is 0 Å². The van der Waals surface area contributed by atoms with Crippen LogP contribution in [0.5, 0.6) is 0 Å². The summed E-state index contributed by atoms with van der Waals surface area (Å²) in [5, 5.41) is 3.60. The second kappa shape index (κ2) is 7.46. The molecular formula is C17H27N3O. The molecule has 3 N–H and O–H groups in total. The highest BCUT2D eigenvalue weighted by Crippen LogP contribution is 2.24. The van der Waals surface area contributed by atoms with Crippen LogP contribution in [0.15, 0.2) is 24.3 Å². The Morgan fingerprint density at radius 3 is 2.95 bits per heavy atom. The number of nitrogens with zero attached hydrogens (tertiary/aromatic N) is 1. The Morgan fingerprint density at radius 1 is 1.48 bits per heavy atom. The zero-order chi connectivity index (χ0) is 15.2. The minimum atomic E-state index is -0.285. The van der Waals surface area contributed by atoms with Gasteiger partial charge in [-0.1, -0.05) is 25.1 Å². The molecular weight excluding hydrogens is 262 g/mol. The van der Waals surface area contributed by atoms with Crippen LogP contribution in [0.25, 0.3) is 0 Å². The molecule has 116 valence electrons. The third-order valence-corrected chi connectivity index (χ3v) is 4.46. The van der Waals surface area contributed by atoms with Gasteiger partial charge in [0.2, 0.25) is 5.91 Å². The lowest BCUT2D eigenvalue weighted by molar-refractivity contribution is -0.117. The van der Waals surface area contributed by atoms with Crippen molar-refractivity contribution in [2.75, 3.05) is 25.0 Å². The lowest BCUT2D eigenvalue weighted by Crippen LogP contribution is -2.41. The molecule has 0 bridgehead atoms. The van der Waals surface area contributed by atoms with Crippen molar-refractivity contribution in [3.63, 3.8) is 0 Å². The summed E-state index contributed by atoms with van der Waals surface area (Å²) in [6.07, 6.45) is 2.83. The van der Waals surface area contributed by atoms with E-state index in [0.717, 1.165) is 24.3 Å². The first kappa shape index (κ1) is 15.8. The zero-order valence-electron chi connectivity index (χ0n) is 13.1. The highest BCUT2D eigenvalue weighted by atomic mass is 16.1. The Kier molecular flexibility index (Phi) is 5.62. The quantitative estimate of drug-likeness (QED) is 0.844. The van der Waals surface area contributed by atoms with Gasteiger partial charge < -0.3 is 16.0 Å². The van der Waals surface area contributed by atoms with Crippen molar-refractivity contribution in [3.05, 3.63) is 29.8 Å². The Balaban J connectivity index is 2.02. The number of carbonyl (C=O) groups is 1. The first-order valence-electron chi connectivity index (χ1n) is 7.95. The first-order valence-corrected chi connectivity index (χ1v) is 7.95. The number of para-hydroxylation sites is 1. The molecule has 2 unspecified atom stereocenters. The average molecular weight is 289 g/mol. The molecule has 4 nitrogen and oxygen atoms in total. The topological polar surface area (TPSA) is 58.4 Å². The van der Waals surface area contributed by atoms with Crippen molar-refractivity contribution in [3.8, 4) is 0 Å². The van der Waals surface area contributed by atoms with Crippen molar-refractivity contribution in [2.24, 2.45) is 11.7 Å². The number of benzene rings is 1. The number of rotatable bonds is 6. The third kappa shape index (κ3) is 4.46. The number of amides is 1. The number of primary amides is 1. The number of carbonyl (C=O) groups excluding carboxylic acids is 1. The van der Waals surface area contributed by atoms with Crippen LogP contribution in [0.2, 0.25) is 0 Å². The lowest BCUT2D eigenvalue weighted by Gasteiger charge is -2.36. The van der Waals surface area contributed by atoms with E-state index >= 15 is 0 Å². The van der Waals surface area contributed by atoms with Gasteiger partial charge in [-0.2, -0.15) is 0 Å². The van der Waals surface area contributed by atoms with Crippen LogP contribution in [-0.2, 0) is 11.2 Å². The molecule has 2 atom stereocenters. The molecule has 4 heteroatoms. The smallest absolute Gasteiger partial charge is 0.221 e. The lowest BCUT2D eigenvalue weighted by atomic mass is 9.91. The summed E-state index contributed by atoms with van der Waals surface area (Å²) in [6, 6.07) is 8.36. The molecule has 1 aromatic rings. The molecule has 1 amide bonds. The standard InChI is InChI=1S/C17H27N3O/c1-3-20-10-6-8-15(12-20)13(2)19-16-9-5-4-7-14(16)11-17(18)21/h4-5,7,9,13,15,19H,3,6,8,10-12H2,1-2H3,(H2,18,21). The van der Waals surface area contributed by atoms with E-state index in [1.807, 2.05) is 24.3 Å². The maximum atomic E-state index is 11.2. The van der Waals surface area contributed by atoms with E-state index in [1.54, 1.807) is 0 Å². The predicted octanol–water partition coefficient (Wildman–Crippen LogP) is 2.25. The van der Waals surface area contributed by atoms with E-state index in [0.29, 0.717) is 18.4 Å². The summed E-state index contributed by atoms with van der Waals surface area (Å²) < 4.78 is 0. The van der Waals surface area contributed by atoms with Gasteiger partial charge in [0.25, 0.3) is 0 Å². The van der Waals surface area contributed by atoms with E-state index < -0.39 is 0 Å². The molecule has 1 aromatic carbocycles. The molecule has 0 spiro atoms. The van der Waals surface area contributed by atoms with Gasteiger partial charge in [0.15, 0.2) is 0 Å². The fourth-order valence-corrected chi connectivity index (χ4v) is 3.15. The van der Waals surface area contributed by atoms with Crippen LogP contribution in [0, 0.1) is 5.92 Å². The maximum Gasteiger partial charge on any atom is 0.221 e. The highest BCUT2D eigenvalue weighted by Gasteiger charge is 2.24. The Hall–Kier alpha value is -1.55. The minimum Gasteiger partial charge on any atom is -0.382 e. The Bertz CT molecular complexity index is 475. The van der Waals surface area contributed by atoms with Gasteiger partial charge in [0.1, 0.15) is 0 Å². The van der Waals surface area contributed by atoms with E-state index in [-0.39, 0.29) is 5.91 Å². The fourth-order valence-electron chi connectivity index (χ4n) is 3.15. The highest BCUT2D eigenvalue weighted by molar-refractivity contribution is 5.78. The largest absolute Gasteiger partial charge is 0.382 e. The number of piperidine rings is 1. The summed E-state index contributed by atoms with van der Waals surface area (Å²) in [4.78, 5) is 13.7. The second-order valence-electron chi connectivity index (χ2n) is 6.03. The third-order valence-electron chi connectivity index (χ3n) is 4.46. The number of hydrogen-bond acceptors (Lipinski definition) is 3. The summed E-state index contributed by atoms with van der Waals surface area (Å²) in [5.74, 6) is 0.368. The molecule has 1 aliphatic rings. The number of likely N-dealkylation sites (tertiary alicyclic amines) is 1. The van der Waals surface area contributed by atoms with Gasteiger partial charge in [-0.25, -0.2) is 0 Å². The Labute approximate surface area is 127 Å². The van der Waals surface area contributed by atoms with Crippen molar-refractivity contribution >= 4 is 11.6 Å². The SMILES string of the molecule is CCN1CCCC(C(C)Nc2ccccc2CC(N)=O)C1. The molecule has 0 aromatic heterocycles. The van der Waals surface area contributed by atoms with Gasteiger partial charge >= 0.3 is 0 Å². The van der Waals surface area contributed by atoms with Crippen molar-refractivity contribution in [1.29, 1.82) is 0 Å². The van der Waals surface area contributed by atoms with Gasteiger partial charge in [0, 0.05) is 18.3 Å². The van der Waals surface area contributed by atoms with Crippen LogP contribution in [0.4, 0.5) is 5.69 Å². The molecule has 0 aliphatic carbocycles. The first-order chi connectivity index (χ1) is 10.1. The van der Waals surface area contributed by atoms with Crippen molar-refractivity contribution in [2.45, 2.75) is 39.2 Å². The van der Waals surface area contributed by atoms with E-state index in [2.05, 4.69) is 24.1 Å². The molecule has 1 heterocycles. The number of nitrogens with one attached hydrogen (secondary N) is 1. The molecule has 1 saturated heterocycles. The molecule has 21 heavy (non-hydrogen) atoms. The van der Waals surface area contributed by atoms with Crippen LogP contribution in [0.1, 0.15) is 32.3 Å². The van der Waals surface area contributed by atoms with Crippen molar-refractivity contribution < 1.29 is 4.79 Å². The maximum absolute atomic E-state index is 11.2. The van der Waals surface area contributed by atoms with Crippen LogP contribution < -0.4 is 11.1 Å². The fraction of sp³-hybridized carbons (Fsp3) is 0.588. The Morgan fingerprint density at radius 2 is 2.24 bits per heavy atom. The van der Waals surface area contributed by atoms with Crippen LogP contribution >= 0.6 is 0 Å². The summed E-state index contributed by atoms with van der Waals surface area (Å²) in [7, 11) is 0. The molecule has 0 radical (unpaired) electrons. The number of hydrogen-bond donors (Lipinski definition) is 2. The summed E-state index contributed by atoms with van der Waals surface area (Å²) in [5.41, 5.74) is 7.36. The van der Waals surface area contributed by atoms with Crippen LogP contribution in [0.3, 0.4) is 0 Å². The number of nitrogens with two attached hydrogens (primary N) is 1. The average Bonchev–Trinajstić information content (AvgIpc) is 2.48. The van der Waals surface area contributed by atoms with Gasteiger partial charge in [-0.05, 0) is 50.4 Å². The van der Waals surface area contributed by atoms with Crippen molar-refractivity contribution in [1.82, 2.24) is 4.90 Å². The molecule has 1 aliphatic heterocycles. The second-order valence-corrected chi connectivity index (χ2v) is 6.03. The van der Waals surface area contributed by atoms with E-state index in [9.17, 15) is 4.79 Å². The molecule has 2 rings (SSSR count). The van der Waals surface area contributed by atoms with E-state index in [1.165, 1.54) is 19.4 Å². The molecule has 0 saturated carbocycles. The van der Waals surface area contributed by atoms with Gasteiger partial charge in [-0.3, -0.25) is 4.79 Å². The monoisotopic (exact) mass is 289 g/mol. The van der Waals surface area contributed by atoms with E-state index in [4.69, 9.17) is 5.73 Å². The zero-order valence-corrected chi connectivity index (χ0v) is 13.1. The summed E-state index contributed by atoms with van der Waals surface area (Å²) in [6.45, 7) is 7.97. The normalized spacial score (nSPS) is 21.0. The van der Waals surface area contributed by atoms with Crippen LogP contribution in [-0.4, -0.2) is 36.5 Å². The predicted molar refractivity (Wildman–Crippen MR) is 87.3 cm³/mol. The minimum absolute atomic E-state index is 0.285. The number of anilines is 1.